The summed E-state index contributed by atoms with van der Waals surface area (Å²) in [4.78, 5) is 12.0. The van der Waals surface area contributed by atoms with E-state index in [1.165, 1.54) is 6.20 Å². The molecule has 0 bridgehead atoms. The van der Waals surface area contributed by atoms with Crippen LogP contribution in [-0.2, 0) is 13.0 Å². The Hall–Kier alpha value is -2.04. The molecule has 0 aliphatic heterocycles. The molecule has 1 aromatic carbocycles. The van der Waals surface area contributed by atoms with Gasteiger partial charge in [0.25, 0.3) is 0 Å². The number of hydrogen-bond acceptors (Lipinski definition) is 2. The maximum Gasteiger partial charge on any atom is 0.185 e. The number of carbonyl (C=O) groups excluding carboxylic acids is 1. The fraction of sp³-hybridized carbons (Fsp3) is 0.231. The van der Waals surface area contributed by atoms with Crippen LogP contribution in [0.25, 0.3) is 0 Å². The summed E-state index contributed by atoms with van der Waals surface area (Å²) in [6.07, 6.45) is 1.49. The van der Waals surface area contributed by atoms with Gasteiger partial charge in [-0.1, -0.05) is 0 Å². The number of carbonyl (C=O) groups is 1. The lowest BCUT2D eigenvalue weighted by molar-refractivity contribution is 0.0982. The first-order valence-corrected chi connectivity index (χ1v) is 5.60. The maximum atomic E-state index is 13.0. The number of Topliss-reactive ketones (excluding diaryl/α,β-unsaturated/α-hetero) is 1. The Morgan fingerprint density at radius 2 is 1.94 bits per heavy atom. The lowest BCUT2D eigenvalue weighted by Gasteiger charge is -2.04. The smallest absolute Gasteiger partial charge is 0.185 e. The van der Waals surface area contributed by atoms with Crippen LogP contribution in [0.1, 0.15) is 23.0 Å². The predicted molar refractivity (Wildman–Crippen MR) is 62.3 cm³/mol. The van der Waals surface area contributed by atoms with Crippen molar-refractivity contribution in [1.29, 1.82) is 0 Å². The Morgan fingerprint density at radius 3 is 2.56 bits per heavy atom. The van der Waals surface area contributed by atoms with Gasteiger partial charge in [0.2, 0.25) is 0 Å². The molecule has 0 aliphatic rings. The lowest BCUT2D eigenvalue weighted by atomic mass is 10.1. The van der Waals surface area contributed by atoms with Crippen LogP contribution in [0.3, 0.4) is 0 Å². The fourth-order valence-electron chi connectivity index (χ4n) is 1.81. The highest BCUT2D eigenvalue weighted by atomic mass is 19.1. The van der Waals surface area contributed by atoms with Crippen LogP contribution in [0.5, 0.6) is 0 Å². The Bertz CT molecular complexity index is 558. The minimum absolute atomic E-state index is 0.0413. The molecule has 5 heteroatoms. The average Bonchev–Trinajstić information content (AvgIpc) is 2.75. The van der Waals surface area contributed by atoms with Gasteiger partial charge >= 0.3 is 0 Å². The summed E-state index contributed by atoms with van der Waals surface area (Å²) in [7, 11) is 0. The standard InChI is InChI=1S/C13H12F2N2O/c1-2-17-12(3-4-16-17)13(18)7-9-5-10(14)8-11(15)6-9/h3-6,8H,2,7H2,1H3. The largest absolute Gasteiger partial charge is 0.292 e. The molecule has 0 amide bonds. The van der Waals surface area contributed by atoms with Crippen LogP contribution in [-0.4, -0.2) is 15.6 Å². The zero-order valence-electron chi connectivity index (χ0n) is 9.86. The van der Waals surface area contributed by atoms with Crippen molar-refractivity contribution in [1.82, 2.24) is 9.78 Å². The number of aromatic nitrogens is 2. The van der Waals surface area contributed by atoms with Crippen molar-refractivity contribution in [3.63, 3.8) is 0 Å². The van der Waals surface area contributed by atoms with Crippen LogP contribution in [0, 0.1) is 11.6 Å². The Balaban J connectivity index is 2.21. The summed E-state index contributed by atoms with van der Waals surface area (Å²) in [5.74, 6) is -1.57. The zero-order chi connectivity index (χ0) is 13.1. The molecule has 0 aliphatic carbocycles. The summed E-state index contributed by atoms with van der Waals surface area (Å²) in [5, 5.41) is 3.98. The number of rotatable bonds is 4. The van der Waals surface area contributed by atoms with Gasteiger partial charge in [-0.2, -0.15) is 5.10 Å². The van der Waals surface area contributed by atoms with Crippen molar-refractivity contribution in [2.24, 2.45) is 0 Å². The van der Waals surface area contributed by atoms with Gasteiger partial charge in [0.05, 0.1) is 0 Å². The first-order chi connectivity index (χ1) is 8.60. The van der Waals surface area contributed by atoms with Crippen LogP contribution >= 0.6 is 0 Å². The molecule has 1 heterocycles. The van der Waals surface area contributed by atoms with E-state index in [0.29, 0.717) is 17.8 Å². The Morgan fingerprint density at radius 1 is 1.28 bits per heavy atom. The van der Waals surface area contributed by atoms with Crippen molar-refractivity contribution in [2.45, 2.75) is 19.9 Å². The second-order valence-electron chi connectivity index (χ2n) is 3.91. The molecule has 18 heavy (non-hydrogen) atoms. The number of nitrogens with zero attached hydrogens (tertiary/aromatic N) is 2. The monoisotopic (exact) mass is 250 g/mol. The first-order valence-electron chi connectivity index (χ1n) is 5.60. The third kappa shape index (κ3) is 2.61. The van der Waals surface area contributed by atoms with Crippen molar-refractivity contribution in [3.8, 4) is 0 Å². The average molecular weight is 250 g/mol. The Labute approximate surface area is 103 Å². The molecule has 1 aromatic heterocycles. The van der Waals surface area contributed by atoms with Gasteiger partial charge in [0, 0.05) is 25.2 Å². The molecule has 2 aromatic rings. The van der Waals surface area contributed by atoms with Gasteiger partial charge < -0.3 is 0 Å². The molecule has 2 rings (SSSR count). The maximum absolute atomic E-state index is 13.0. The number of benzene rings is 1. The summed E-state index contributed by atoms with van der Waals surface area (Å²) >= 11 is 0. The summed E-state index contributed by atoms with van der Waals surface area (Å²) in [6.45, 7) is 2.44. The normalized spacial score (nSPS) is 10.6. The molecule has 0 atom stereocenters. The molecule has 0 saturated carbocycles. The number of aryl methyl sites for hydroxylation is 1. The molecule has 0 fully saturated rings. The molecular weight excluding hydrogens is 238 g/mol. The highest BCUT2D eigenvalue weighted by molar-refractivity contribution is 5.95. The van der Waals surface area contributed by atoms with E-state index in [1.807, 2.05) is 6.92 Å². The number of hydrogen-bond donors (Lipinski definition) is 0. The zero-order valence-corrected chi connectivity index (χ0v) is 9.86. The van der Waals surface area contributed by atoms with Crippen molar-refractivity contribution >= 4 is 5.78 Å². The molecule has 0 radical (unpaired) electrons. The molecule has 0 spiro atoms. The number of halogens is 2. The van der Waals surface area contributed by atoms with E-state index in [-0.39, 0.29) is 12.2 Å². The van der Waals surface area contributed by atoms with Crippen LogP contribution in [0.2, 0.25) is 0 Å². The van der Waals surface area contributed by atoms with Crippen LogP contribution in [0.15, 0.2) is 30.5 Å². The van der Waals surface area contributed by atoms with Crippen molar-refractivity contribution in [3.05, 3.63) is 53.4 Å². The van der Waals surface area contributed by atoms with E-state index in [9.17, 15) is 13.6 Å². The van der Waals surface area contributed by atoms with Gasteiger partial charge in [-0.15, -0.1) is 0 Å². The minimum Gasteiger partial charge on any atom is -0.292 e. The van der Waals surface area contributed by atoms with E-state index >= 15 is 0 Å². The van der Waals surface area contributed by atoms with Crippen molar-refractivity contribution < 1.29 is 13.6 Å². The molecule has 94 valence electrons. The van der Waals surface area contributed by atoms with Gasteiger partial charge in [0.15, 0.2) is 5.78 Å². The quantitative estimate of drug-likeness (QED) is 0.782. The number of ketones is 1. The van der Waals surface area contributed by atoms with Gasteiger partial charge in [-0.25, -0.2) is 8.78 Å². The third-order valence-electron chi connectivity index (χ3n) is 2.59. The van der Waals surface area contributed by atoms with E-state index in [0.717, 1.165) is 18.2 Å². The van der Waals surface area contributed by atoms with E-state index in [2.05, 4.69) is 5.10 Å². The lowest BCUT2D eigenvalue weighted by Crippen LogP contribution is -2.11. The second kappa shape index (κ2) is 5.08. The molecule has 0 unspecified atom stereocenters. The van der Waals surface area contributed by atoms with Gasteiger partial charge in [-0.05, 0) is 30.7 Å². The van der Waals surface area contributed by atoms with Gasteiger partial charge in [-0.3, -0.25) is 9.48 Å². The predicted octanol–water partition coefficient (Wildman–Crippen LogP) is 2.61. The molecular formula is C13H12F2N2O. The summed E-state index contributed by atoms with van der Waals surface area (Å²) < 4.78 is 27.5. The van der Waals surface area contributed by atoms with E-state index in [4.69, 9.17) is 0 Å². The third-order valence-corrected chi connectivity index (χ3v) is 2.59. The molecule has 3 nitrogen and oxygen atoms in total. The topological polar surface area (TPSA) is 34.9 Å². The summed E-state index contributed by atoms with van der Waals surface area (Å²) in [5.41, 5.74) is 0.767. The highest BCUT2D eigenvalue weighted by Crippen LogP contribution is 2.11. The first kappa shape index (κ1) is 12.4. The molecule has 0 saturated heterocycles. The van der Waals surface area contributed by atoms with Crippen LogP contribution < -0.4 is 0 Å². The van der Waals surface area contributed by atoms with Gasteiger partial charge in [0.1, 0.15) is 17.3 Å². The second-order valence-corrected chi connectivity index (χ2v) is 3.91. The summed E-state index contributed by atoms with van der Waals surface area (Å²) in [6, 6.07) is 4.70. The minimum atomic E-state index is -0.679. The van der Waals surface area contributed by atoms with Crippen LogP contribution in [0.4, 0.5) is 8.78 Å². The van der Waals surface area contributed by atoms with Crippen molar-refractivity contribution in [2.75, 3.05) is 0 Å². The van der Waals surface area contributed by atoms with E-state index < -0.39 is 11.6 Å². The molecule has 0 N–H and O–H groups in total. The SMILES string of the molecule is CCn1nccc1C(=O)Cc1cc(F)cc(F)c1. The highest BCUT2D eigenvalue weighted by Gasteiger charge is 2.13. The van der Waals surface area contributed by atoms with E-state index in [1.54, 1.807) is 10.7 Å². The fourth-order valence-corrected chi connectivity index (χ4v) is 1.81. The Kier molecular flexibility index (Phi) is 3.50.